The number of halogens is 3. The van der Waals surface area contributed by atoms with E-state index in [9.17, 15) is 26.7 Å². The van der Waals surface area contributed by atoms with Gasteiger partial charge in [0.2, 0.25) is 0 Å². The van der Waals surface area contributed by atoms with E-state index in [1.54, 1.807) is 13.8 Å². The van der Waals surface area contributed by atoms with Gasteiger partial charge in [-0.05, 0) is 49.9 Å². The summed E-state index contributed by atoms with van der Waals surface area (Å²) in [6, 6.07) is 3.07. The summed E-state index contributed by atoms with van der Waals surface area (Å²) >= 11 is 0. The van der Waals surface area contributed by atoms with Crippen LogP contribution in [-0.2, 0) is 13.7 Å². The molecule has 0 aliphatic carbocycles. The van der Waals surface area contributed by atoms with Crippen molar-refractivity contribution in [2.75, 3.05) is 11.5 Å². The zero-order valence-corrected chi connectivity index (χ0v) is 14.4. The monoisotopic (exact) mass is 372 g/mol. The molecule has 1 aromatic rings. The van der Waals surface area contributed by atoms with Crippen molar-refractivity contribution < 1.29 is 30.3 Å². The molecular formula is C14H19F3O4S2. The Hall–Kier alpha value is -0.930. The predicted molar refractivity (Wildman–Crippen MR) is 83.1 cm³/mol. The van der Waals surface area contributed by atoms with Crippen LogP contribution in [0, 0.1) is 13.8 Å². The molecule has 0 spiro atoms. The van der Waals surface area contributed by atoms with Gasteiger partial charge in [-0.15, -0.1) is 0 Å². The Morgan fingerprint density at radius 3 is 2.00 bits per heavy atom. The number of rotatable bonds is 3. The maximum Gasteiger partial charge on any atom is 0.523 e. The Kier molecular flexibility index (Phi) is 4.94. The quantitative estimate of drug-likeness (QED) is 0.810. The summed E-state index contributed by atoms with van der Waals surface area (Å²) in [6.45, 7) is 3.25. The van der Waals surface area contributed by atoms with Crippen LogP contribution in [0.4, 0.5) is 13.2 Å². The molecule has 1 N–H and O–H groups in total. The van der Waals surface area contributed by atoms with Gasteiger partial charge in [0.1, 0.15) is 5.75 Å². The van der Waals surface area contributed by atoms with Gasteiger partial charge in [0.25, 0.3) is 0 Å². The van der Waals surface area contributed by atoms with Crippen LogP contribution < -0.4 is 0 Å². The van der Waals surface area contributed by atoms with Crippen LogP contribution in [0.5, 0.6) is 5.75 Å². The molecule has 0 aromatic heterocycles. The second-order valence-corrected chi connectivity index (χ2v) is 10.5. The molecule has 1 fully saturated rings. The van der Waals surface area contributed by atoms with Gasteiger partial charge in [-0.1, -0.05) is 16.7 Å². The highest BCUT2D eigenvalue weighted by atomic mass is 32.3. The molecular weight excluding hydrogens is 353 g/mol. The minimum Gasteiger partial charge on any atom is -0.507 e. The fourth-order valence-corrected chi connectivity index (χ4v) is 7.97. The summed E-state index contributed by atoms with van der Waals surface area (Å²) < 4.78 is 66.2. The number of hydrogen-bond acceptors (Lipinski definition) is 4. The van der Waals surface area contributed by atoms with E-state index in [1.807, 2.05) is 0 Å². The first-order valence-electron chi connectivity index (χ1n) is 7.10. The van der Waals surface area contributed by atoms with Crippen molar-refractivity contribution in [2.24, 2.45) is 0 Å². The minimum atomic E-state index is -5.67. The number of aromatic hydroxyl groups is 1. The van der Waals surface area contributed by atoms with Crippen molar-refractivity contribution in [2.45, 2.75) is 43.5 Å². The van der Waals surface area contributed by atoms with E-state index in [1.165, 1.54) is 12.1 Å². The fourth-order valence-electron chi connectivity index (χ4n) is 2.63. The molecule has 23 heavy (non-hydrogen) atoms. The van der Waals surface area contributed by atoms with E-state index in [-0.39, 0.29) is 17.3 Å². The molecule has 0 unspecified atom stereocenters. The van der Waals surface area contributed by atoms with Gasteiger partial charge in [0.05, 0.1) is 0 Å². The maximum absolute atomic E-state index is 12.8. The van der Waals surface area contributed by atoms with Gasteiger partial charge in [0.15, 0.2) is 0 Å². The first-order chi connectivity index (χ1) is 10.5. The third kappa shape index (κ3) is 3.61. The van der Waals surface area contributed by atoms with Crippen LogP contribution >= 0.6 is 10.3 Å². The lowest BCUT2D eigenvalue weighted by molar-refractivity contribution is -0.0496. The number of phenols is 1. The van der Waals surface area contributed by atoms with Crippen molar-refractivity contribution in [3.63, 3.8) is 0 Å². The second-order valence-electron chi connectivity index (χ2n) is 5.65. The summed E-state index contributed by atoms with van der Waals surface area (Å²) in [5.74, 6) is 0.593. The van der Waals surface area contributed by atoms with E-state index in [2.05, 4.69) is 0 Å². The van der Waals surface area contributed by atoms with E-state index in [0.717, 1.165) is 6.42 Å². The Morgan fingerprint density at radius 2 is 1.57 bits per heavy atom. The van der Waals surface area contributed by atoms with Crippen molar-refractivity contribution >= 4 is 20.4 Å². The van der Waals surface area contributed by atoms with Gasteiger partial charge in [-0.25, -0.2) is 3.63 Å². The smallest absolute Gasteiger partial charge is 0.507 e. The summed E-state index contributed by atoms with van der Waals surface area (Å²) in [4.78, 5) is 0.442. The van der Waals surface area contributed by atoms with Crippen LogP contribution in [0.25, 0.3) is 0 Å². The molecule has 1 aliphatic rings. The number of benzene rings is 1. The molecule has 1 aliphatic heterocycles. The van der Waals surface area contributed by atoms with Crippen molar-refractivity contribution in [1.29, 1.82) is 0 Å². The van der Waals surface area contributed by atoms with Crippen molar-refractivity contribution in [3.05, 3.63) is 23.3 Å². The highest BCUT2D eigenvalue weighted by Crippen LogP contribution is 2.62. The van der Waals surface area contributed by atoms with Gasteiger partial charge in [-0.2, -0.15) is 21.6 Å². The molecule has 0 bridgehead atoms. The van der Waals surface area contributed by atoms with Gasteiger partial charge >= 0.3 is 15.6 Å². The number of hydrogen-bond donors (Lipinski definition) is 1. The lowest BCUT2D eigenvalue weighted by Gasteiger charge is -2.42. The molecule has 4 nitrogen and oxygen atoms in total. The maximum atomic E-state index is 12.8. The summed E-state index contributed by atoms with van der Waals surface area (Å²) in [5.41, 5.74) is -4.46. The van der Waals surface area contributed by atoms with Gasteiger partial charge in [0, 0.05) is 16.4 Å². The molecule has 0 radical (unpaired) electrons. The minimum absolute atomic E-state index is 0.0535. The van der Waals surface area contributed by atoms with Crippen LogP contribution in [-0.4, -0.2) is 30.5 Å². The lowest BCUT2D eigenvalue weighted by Crippen LogP contribution is -2.30. The summed E-state index contributed by atoms with van der Waals surface area (Å²) in [5, 5.41) is 9.85. The molecule has 1 heterocycles. The summed E-state index contributed by atoms with van der Waals surface area (Å²) in [6.07, 6.45) is 2.06. The Morgan fingerprint density at radius 1 is 1.09 bits per heavy atom. The average molecular weight is 372 g/mol. The van der Waals surface area contributed by atoms with Crippen LogP contribution in [0.2, 0.25) is 0 Å². The normalized spacial score (nSPS) is 20.2. The zero-order valence-electron chi connectivity index (χ0n) is 12.8. The summed E-state index contributed by atoms with van der Waals surface area (Å²) in [7, 11) is -8.26. The van der Waals surface area contributed by atoms with Crippen LogP contribution in [0.15, 0.2) is 17.0 Å². The van der Waals surface area contributed by atoms with E-state index >= 15 is 0 Å². The first kappa shape index (κ1) is 18.4. The zero-order chi connectivity index (χ0) is 17.5. The standard InChI is InChI=1S/C14H19F3O4S2/c1-10-8-12(9-11(2)13(10)18)22(6-4-3-5-7-22)21-23(19,20)14(15,16)17/h8-9,18H,3-7H2,1-2H3. The van der Waals surface area contributed by atoms with E-state index in [0.29, 0.717) is 28.9 Å². The number of alkyl halides is 3. The molecule has 9 heteroatoms. The largest absolute Gasteiger partial charge is 0.523 e. The molecule has 1 aromatic carbocycles. The predicted octanol–water partition coefficient (Wildman–Crippen LogP) is 4.14. The molecule has 0 amide bonds. The van der Waals surface area contributed by atoms with E-state index in [4.69, 9.17) is 3.63 Å². The Labute approximate surface area is 135 Å². The number of phenolic OH excluding ortho intramolecular Hbond substituents is 1. The highest BCUT2D eigenvalue weighted by Gasteiger charge is 2.51. The third-order valence-corrected chi connectivity index (χ3v) is 9.16. The highest BCUT2D eigenvalue weighted by molar-refractivity contribution is 8.33. The SMILES string of the molecule is Cc1cc(S2(OS(=O)(=O)C(F)(F)F)CCCCC2)cc(C)c1O. The third-order valence-electron chi connectivity index (χ3n) is 3.85. The van der Waals surface area contributed by atoms with Crippen LogP contribution in [0.1, 0.15) is 30.4 Å². The van der Waals surface area contributed by atoms with Crippen LogP contribution in [0.3, 0.4) is 0 Å². The molecule has 0 saturated carbocycles. The van der Waals surface area contributed by atoms with Crippen molar-refractivity contribution in [1.82, 2.24) is 0 Å². The van der Waals surface area contributed by atoms with E-state index < -0.39 is 25.9 Å². The lowest BCUT2D eigenvalue weighted by atomic mass is 10.1. The van der Waals surface area contributed by atoms with Gasteiger partial charge in [-0.3, -0.25) is 0 Å². The molecule has 1 saturated heterocycles. The molecule has 132 valence electrons. The van der Waals surface area contributed by atoms with Gasteiger partial charge < -0.3 is 5.11 Å². The molecule has 2 rings (SSSR count). The average Bonchev–Trinajstić information content (AvgIpc) is 2.43. The second kappa shape index (κ2) is 6.18. The Balaban J connectivity index is 2.53. The first-order valence-corrected chi connectivity index (χ1v) is 10.4. The molecule has 0 atom stereocenters. The Bertz CT molecular complexity index is 669. The number of aryl methyl sites for hydroxylation is 2. The fraction of sp³-hybridized carbons (Fsp3) is 0.571. The van der Waals surface area contributed by atoms with Crippen molar-refractivity contribution in [3.8, 4) is 5.75 Å². The topological polar surface area (TPSA) is 63.6 Å².